The number of ether oxygens (including phenoxy) is 1. The molecule has 0 bridgehead atoms. The standard InChI is InChI=1S/C26H29FN4O3/c1-16-14-30(15-17(2)34-16)23-10-7-18(13-21(23)27)28-25(32)12-11-24-29-22-6-4-3-5-20(22)26(33)31(24)19-8-9-19/h3-7,10,13,16-17,19H,8-9,11-12,14-15H2,1-2H3,(H,28,32). The zero-order chi connectivity index (χ0) is 23.8. The average Bonchev–Trinajstić information content (AvgIpc) is 3.62. The number of fused-ring (bicyclic) bond motifs is 1. The van der Waals surface area contributed by atoms with E-state index >= 15 is 0 Å². The van der Waals surface area contributed by atoms with E-state index in [4.69, 9.17) is 4.74 Å². The number of anilines is 2. The predicted molar refractivity (Wildman–Crippen MR) is 130 cm³/mol. The smallest absolute Gasteiger partial charge is 0.261 e. The van der Waals surface area contributed by atoms with E-state index in [-0.39, 0.29) is 42.0 Å². The number of rotatable bonds is 6. The zero-order valence-corrected chi connectivity index (χ0v) is 19.5. The Morgan fingerprint density at radius 1 is 1.15 bits per heavy atom. The maximum Gasteiger partial charge on any atom is 0.261 e. The molecule has 7 nitrogen and oxygen atoms in total. The number of morpholine rings is 1. The molecule has 2 fully saturated rings. The number of hydrogen-bond acceptors (Lipinski definition) is 5. The second kappa shape index (κ2) is 9.18. The summed E-state index contributed by atoms with van der Waals surface area (Å²) in [5.74, 6) is 0.00169. The minimum atomic E-state index is -0.377. The first-order valence-electron chi connectivity index (χ1n) is 11.9. The van der Waals surface area contributed by atoms with Crippen LogP contribution in [0.25, 0.3) is 10.9 Å². The van der Waals surface area contributed by atoms with Crippen LogP contribution in [-0.4, -0.2) is 40.8 Å². The summed E-state index contributed by atoms with van der Waals surface area (Å²) in [6, 6.07) is 12.2. The number of aryl methyl sites for hydroxylation is 1. The molecule has 0 radical (unpaired) electrons. The number of benzene rings is 2. The molecule has 178 valence electrons. The Morgan fingerprint density at radius 3 is 2.59 bits per heavy atom. The number of amides is 1. The summed E-state index contributed by atoms with van der Waals surface area (Å²) in [5, 5.41) is 3.38. The molecule has 1 saturated carbocycles. The molecule has 1 amide bonds. The molecule has 2 heterocycles. The van der Waals surface area contributed by atoms with Gasteiger partial charge in [0.2, 0.25) is 5.91 Å². The molecule has 2 unspecified atom stereocenters. The summed E-state index contributed by atoms with van der Waals surface area (Å²) in [6.45, 7) is 5.19. The lowest BCUT2D eigenvalue weighted by molar-refractivity contribution is -0.116. The topological polar surface area (TPSA) is 76.5 Å². The molecule has 3 aromatic rings. The number of hydrogen-bond donors (Lipinski definition) is 1. The Bertz CT molecular complexity index is 1280. The summed E-state index contributed by atoms with van der Waals surface area (Å²) in [6.07, 6.45) is 2.45. The predicted octanol–water partition coefficient (Wildman–Crippen LogP) is 4.06. The van der Waals surface area contributed by atoms with Crippen LogP contribution in [0.15, 0.2) is 47.3 Å². The normalized spacial score (nSPS) is 20.5. The van der Waals surface area contributed by atoms with Crippen LogP contribution in [0.1, 0.15) is 45.0 Å². The molecule has 34 heavy (non-hydrogen) atoms. The largest absolute Gasteiger partial charge is 0.372 e. The van der Waals surface area contributed by atoms with Gasteiger partial charge in [-0.05, 0) is 57.0 Å². The van der Waals surface area contributed by atoms with Crippen LogP contribution in [0.4, 0.5) is 15.8 Å². The monoisotopic (exact) mass is 464 g/mol. The molecule has 1 aliphatic carbocycles. The lowest BCUT2D eigenvalue weighted by Crippen LogP contribution is -2.45. The number of carbonyl (C=O) groups is 1. The Labute approximate surface area is 197 Å². The van der Waals surface area contributed by atoms with E-state index in [9.17, 15) is 14.0 Å². The molecule has 5 rings (SSSR count). The van der Waals surface area contributed by atoms with Gasteiger partial charge in [-0.2, -0.15) is 0 Å². The zero-order valence-electron chi connectivity index (χ0n) is 19.5. The Morgan fingerprint density at radius 2 is 1.88 bits per heavy atom. The van der Waals surface area contributed by atoms with Gasteiger partial charge in [0, 0.05) is 37.7 Å². The molecular formula is C26H29FN4O3. The second-order valence-corrected chi connectivity index (χ2v) is 9.33. The van der Waals surface area contributed by atoms with E-state index in [1.54, 1.807) is 22.8 Å². The Balaban J connectivity index is 1.27. The highest BCUT2D eigenvalue weighted by molar-refractivity contribution is 5.91. The highest BCUT2D eigenvalue weighted by atomic mass is 19.1. The van der Waals surface area contributed by atoms with E-state index in [1.807, 2.05) is 36.9 Å². The van der Waals surface area contributed by atoms with Crippen LogP contribution in [-0.2, 0) is 16.0 Å². The van der Waals surface area contributed by atoms with Crippen LogP contribution in [0, 0.1) is 5.82 Å². The lowest BCUT2D eigenvalue weighted by atomic mass is 10.1. The molecule has 1 saturated heterocycles. The SMILES string of the molecule is CC1CN(c2ccc(NC(=O)CCc3nc4ccccc4c(=O)n3C3CC3)cc2F)CC(C)O1. The van der Waals surface area contributed by atoms with Gasteiger partial charge in [0.25, 0.3) is 5.56 Å². The summed E-state index contributed by atoms with van der Waals surface area (Å²) in [5.41, 5.74) is 1.51. The summed E-state index contributed by atoms with van der Waals surface area (Å²) >= 11 is 0. The fraction of sp³-hybridized carbons (Fsp3) is 0.423. The molecule has 2 aliphatic rings. The third kappa shape index (κ3) is 4.68. The maximum absolute atomic E-state index is 14.8. The molecule has 2 atom stereocenters. The molecule has 1 aliphatic heterocycles. The maximum atomic E-state index is 14.8. The summed E-state index contributed by atoms with van der Waals surface area (Å²) in [4.78, 5) is 32.3. The van der Waals surface area contributed by atoms with E-state index in [1.165, 1.54) is 6.07 Å². The molecule has 1 N–H and O–H groups in total. The van der Waals surface area contributed by atoms with Crippen LogP contribution in [0.3, 0.4) is 0 Å². The van der Waals surface area contributed by atoms with Crippen LogP contribution in [0.5, 0.6) is 0 Å². The van der Waals surface area contributed by atoms with Gasteiger partial charge in [-0.3, -0.25) is 14.2 Å². The van der Waals surface area contributed by atoms with Crippen molar-refractivity contribution in [3.05, 3.63) is 64.5 Å². The minimum absolute atomic E-state index is 0.0271. The third-order valence-electron chi connectivity index (χ3n) is 6.36. The fourth-order valence-electron chi connectivity index (χ4n) is 4.74. The number of para-hydroxylation sites is 1. The molecule has 0 spiro atoms. The van der Waals surface area contributed by atoms with Crippen molar-refractivity contribution >= 4 is 28.2 Å². The van der Waals surface area contributed by atoms with Gasteiger partial charge in [0.15, 0.2) is 0 Å². The van der Waals surface area contributed by atoms with Crippen molar-refractivity contribution in [3.8, 4) is 0 Å². The first-order chi connectivity index (χ1) is 16.4. The number of carbonyl (C=O) groups excluding carboxylic acids is 1. The van der Waals surface area contributed by atoms with Crippen LogP contribution in [0.2, 0.25) is 0 Å². The van der Waals surface area contributed by atoms with Gasteiger partial charge in [-0.15, -0.1) is 0 Å². The minimum Gasteiger partial charge on any atom is -0.372 e. The number of nitrogens with zero attached hydrogens (tertiary/aromatic N) is 3. The van der Waals surface area contributed by atoms with Crippen LogP contribution >= 0.6 is 0 Å². The van der Waals surface area contributed by atoms with E-state index in [0.29, 0.717) is 47.6 Å². The Kier molecular flexibility index (Phi) is 6.08. The van der Waals surface area contributed by atoms with E-state index in [2.05, 4.69) is 10.3 Å². The van der Waals surface area contributed by atoms with E-state index in [0.717, 1.165) is 12.8 Å². The van der Waals surface area contributed by atoms with Crippen molar-refractivity contribution < 1.29 is 13.9 Å². The Hall–Kier alpha value is -3.26. The summed E-state index contributed by atoms with van der Waals surface area (Å²) in [7, 11) is 0. The van der Waals surface area contributed by atoms with E-state index < -0.39 is 0 Å². The van der Waals surface area contributed by atoms with Gasteiger partial charge in [-0.1, -0.05) is 12.1 Å². The van der Waals surface area contributed by atoms with Crippen molar-refractivity contribution in [3.63, 3.8) is 0 Å². The van der Waals surface area contributed by atoms with Gasteiger partial charge < -0.3 is 15.0 Å². The highest BCUT2D eigenvalue weighted by Crippen LogP contribution is 2.35. The van der Waals surface area contributed by atoms with Crippen molar-refractivity contribution in [2.24, 2.45) is 0 Å². The second-order valence-electron chi connectivity index (χ2n) is 9.33. The van der Waals surface area contributed by atoms with Gasteiger partial charge in [-0.25, -0.2) is 9.37 Å². The van der Waals surface area contributed by atoms with Crippen molar-refractivity contribution in [2.75, 3.05) is 23.3 Å². The molecule has 8 heteroatoms. The third-order valence-corrected chi connectivity index (χ3v) is 6.36. The lowest BCUT2D eigenvalue weighted by Gasteiger charge is -2.37. The number of aromatic nitrogens is 2. The van der Waals surface area contributed by atoms with Crippen LogP contribution < -0.4 is 15.8 Å². The summed E-state index contributed by atoms with van der Waals surface area (Å²) < 4.78 is 22.3. The van der Waals surface area contributed by atoms with Crippen molar-refractivity contribution in [1.29, 1.82) is 0 Å². The molecular weight excluding hydrogens is 435 g/mol. The first kappa shape index (κ1) is 22.5. The highest BCUT2D eigenvalue weighted by Gasteiger charge is 2.28. The van der Waals surface area contributed by atoms with Gasteiger partial charge in [0.05, 0.1) is 28.8 Å². The van der Waals surface area contributed by atoms with Gasteiger partial charge >= 0.3 is 0 Å². The number of halogens is 1. The molecule has 2 aromatic carbocycles. The van der Waals surface area contributed by atoms with Crippen molar-refractivity contribution in [1.82, 2.24) is 9.55 Å². The quantitative estimate of drug-likeness (QED) is 0.596. The molecule has 1 aromatic heterocycles. The van der Waals surface area contributed by atoms with Gasteiger partial charge in [0.1, 0.15) is 11.6 Å². The fourth-order valence-corrected chi connectivity index (χ4v) is 4.74. The number of nitrogens with one attached hydrogen (secondary N) is 1. The average molecular weight is 465 g/mol. The van der Waals surface area contributed by atoms with Crippen molar-refractivity contribution in [2.45, 2.75) is 57.8 Å². The first-order valence-corrected chi connectivity index (χ1v) is 11.9.